The van der Waals surface area contributed by atoms with Crippen LogP contribution in [0.4, 0.5) is 5.69 Å². The van der Waals surface area contributed by atoms with Crippen LogP contribution in [-0.2, 0) is 24.0 Å². The summed E-state index contributed by atoms with van der Waals surface area (Å²) in [5.41, 5.74) is 1.70. The monoisotopic (exact) mass is 411 g/mol. The summed E-state index contributed by atoms with van der Waals surface area (Å²) in [4.78, 5) is 16.7. The highest BCUT2D eigenvalue weighted by Crippen LogP contribution is 2.26. The summed E-state index contributed by atoms with van der Waals surface area (Å²) < 4.78 is 7.27. The Labute approximate surface area is 169 Å². The van der Waals surface area contributed by atoms with Crippen LogP contribution in [0.1, 0.15) is 10.7 Å². The molecule has 0 bridgehead atoms. The molecule has 3 aromatic heterocycles. The van der Waals surface area contributed by atoms with E-state index in [4.69, 9.17) is 4.42 Å². The molecule has 1 aromatic carbocycles. The number of thiazole rings is 1. The third kappa shape index (κ3) is 4.32. The zero-order chi connectivity index (χ0) is 19.3. The lowest BCUT2D eigenvalue weighted by molar-refractivity contribution is -0.115. The van der Waals surface area contributed by atoms with Crippen molar-refractivity contribution in [3.8, 4) is 11.6 Å². The Hall–Kier alpha value is -2.91. The van der Waals surface area contributed by atoms with Crippen molar-refractivity contribution in [1.29, 1.82) is 0 Å². The fourth-order valence-corrected chi connectivity index (χ4v) is 4.26. The number of rotatable bonds is 7. The van der Waals surface area contributed by atoms with Crippen molar-refractivity contribution in [3.63, 3.8) is 0 Å². The molecular weight excluding hydrogens is 394 g/mol. The van der Waals surface area contributed by atoms with Crippen molar-refractivity contribution >= 4 is 34.7 Å². The van der Waals surface area contributed by atoms with Crippen LogP contribution in [-0.4, -0.2) is 25.7 Å². The molecule has 4 aromatic rings. The third-order valence-electron chi connectivity index (χ3n) is 3.89. The van der Waals surface area contributed by atoms with Crippen molar-refractivity contribution in [2.45, 2.75) is 17.3 Å². The molecule has 3 heterocycles. The first-order valence-electron chi connectivity index (χ1n) is 8.53. The minimum absolute atomic E-state index is 0.0730. The molecule has 28 heavy (non-hydrogen) atoms. The predicted octanol–water partition coefficient (Wildman–Crippen LogP) is 4.01. The number of carbonyl (C=O) groups excluding carboxylic acids is 1. The van der Waals surface area contributed by atoms with E-state index in [0.29, 0.717) is 17.3 Å². The molecule has 0 unspecified atom stereocenters. The van der Waals surface area contributed by atoms with E-state index in [9.17, 15) is 4.79 Å². The average Bonchev–Trinajstić information content (AvgIpc) is 3.43. The maximum Gasteiger partial charge on any atom is 0.231 e. The molecule has 0 saturated heterocycles. The summed E-state index contributed by atoms with van der Waals surface area (Å²) in [5, 5.41) is 14.8. The second kappa shape index (κ2) is 8.41. The van der Waals surface area contributed by atoms with Gasteiger partial charge in [0.1, 0.15) is 5.01 Å². The quantitative estimate of drug-likeness (QED) is 0.463. The standard InChI is InChI=1S/C19H17N5O2S2/c1-24-18(15-8-5-9-26-15)22-23-19(24)28-12-14-11-27-17(21-14)10-16(25)20-13-6-3-2-4-7-13/h2-9,11H,10,12H2,1H3,(H,20,25). The van der Waals surface area contributed by atoms with Gasteiger partial charge in [-0.2, -0.15) is 0 Å². The molecule has 0 atom stereocenters. The summed E-state index contributed by atoms with van der Waals surface area (Å²) in [6.45, 7) is 0. The smallest absolute Gasteiger partial charge is 0.231 e. The van der Waals surface area contributed by atoms with Gasteiger partial charge in [0, 0.05) is 23.9 Å². The van der Waals surface area contributed by atoms with Crippen LogP contribution in [0.15, 0.2) is 63.7 Å². The highest BCUT2D eigenvalue weighted by molar-refractivity contribution is 7.98. The normalized spacial score (nSPS) is 10.9. The van der Waals surface area contributed by atoms with Crippen molar-refractivity contribution in [2.75, 3.05) is 5.32 Å². The molecule has 142 valence electrons. The molecule has 4 rings (SSSR count). The first kappa shape index (κ1) is 18.5. The van der Waals surface area contributed by atoms with Crippen LogP contribution < -0.4 is 5.32 Å². The SMILES string of the molecule is Cn1c(SCc2csc(CC(=O)Nc3ccccc3)n2)nnc1-c1ccco1. The van der Waals surface area contributed by atoms with E-state index in [1.54, 1.807) is 18.0 Å². The number of amides is 1. The molecule has 0 aliphatic heterocycles. The molecule has 1 N–H and O–H groups in total. The van der Waals surface area contributed by atoms with Crippen molar-refractivity contribution < 1.29 is 9.21 Å². The topological polar surface area (TPSA) is 85.8 Å². The highest BCUT2D eigenvalue weighted by atomic mass is 32.2. The van der Waals surface area contributed by atoms with Crippen LogP contribution in [0.5, 0.6) is 0 Å². The summed E-state index contributed by atoms with van der Waals surface area (Å²) >= 11 is 3.03. The largest absolute Gasteiger partial charge is 0.461 e. The summed E-state index contributed by atoms with van der Waals surface area (Å²) in [6, 6.07) is 13.1. The number of carbonyl (C=O) groups is 1. The lowest BCUT2D eigenvalue weighted by Crippen LogP contribution is -2.14. The van der Waals surface area contributed by atoms with Gasteiger partial charge in [-0.05, 0) is 24.3 Å². The lowest BCUT2D eigenvalue weighted by atomic mass is 10.3. The molecular formula is C19H17N5O2S2. The lowest BCUT2D eigenvalue weighted by Gasteiger charge is -2.03. The van der Waals surface area contributed by atoms with E-state index >= 15 is 0 Å². The van der Waals surface area contributed by atoms with Gasteiger partial charge in [0.05, 0.1) is 18.4 Å². The number of benzene rings is 1. The van der Waals surface area contributed by atoms with E-state index in [-0.39, 0.29) is 12.3 Å². The van der Waals surface area contributed by atoms with Crippen LogP contribution in [0.2, 0.25) is 0 Å². The van der Waals surface area contributed by atoms with Crippen LogP contribution in [0.25, 0.3) is 11.6 Å². The second-order valence-electron chi connectivity index (χ2n) is 5.95. The van der Waals surface area contributed by atoms with Gasteiger partial charge in [0.25, 0.3) is 0 Å². The highest BCUT2D eigenvalue weighted by Gasteiger charge is 2.14. The summed E-state index contributed by atoms with van der Waals surface area (Å²) in [5.74, 6) is 1.95. The molecule has 9 heteroatoms. The van der Waals surface area contributed by atoms with Gasteiger partial charge in [-0.15, -0.1) is 21.5 Å². The number of nitrogens with one attached hydrogen (secondary N) is 1. The van der Waals surface area contributed by atoms with Crippen LogP contribution in [0.3, 0.4) is 0 Å². The maximum absolute atomic E-state index is 12.2. The number of thioether (sulfide) groups is 1. The minimum Gasteiger partial charge on any atom is -0.461 e. The first-order valence-corrected chi connectivity index (χ1v) is 10.4. The van der Waals surface area contributed by atoms with Gasteiger partial charge >= 0.3 is 0 Å². The van der Waals surface area contributed by atoms with Crippen LogP contribution in [0, 0.1) is 0 Å². The fourth-order valence-electron chi connectivity index (χ4n) is 2.56. The van der Waals surface area contributed by atoms with E-state index in [0.717, 1.165) is 21.5 Å². The van der Waals surface area contributed by atoms with Crippen molar-refractivity contribution in [3.05, 3.63) is 64.8 Å². The van der Waals surface area contributed by atoms with E-state index in [2.05, 4.69) is 20.5 Å². The molecule has 7 nitrogen and oxygen atoms in total. The predicted molar refractivity (Wildman–Crippen MR) is 109 cm³/mol. The molecule has 0 radical (unpaired) electrons. The Morgan fingerprint density at radius 1 is 1.21 bits per heavy atom. The number of furan rings is 1. The van der Waals surface area contributed by atoms with E-state index < -0.39 is 0 Å². The number of hydrogen-bond donors (Lipinski definition) is 1. The Morgan fingerprint density at radius 2 is 2.07 bits per heavy atom. The number of aromatic nitrogens is 4. The molecule has 1 amide bonds. The number of anilines is 1. The van der Waals surface area contributed by atoms with Gasteiger partial charge in [-0.1, -0.05) is 30.0 Å². The Bertz CT molecular complexity index is 1060. The van der Waals surface area contributed by atoms with E-state index in [1.165, 1.54) is 11.3 Å². The zero-order valence-electron chi connectivity index (χ0n) is 15.0. The van der Waals surface area contributed by atoms with Gasteiger partial charge in [-0.25, -0.2) is 4.98 Å². The summed E-state index contributed by atoms with van der Waals surface area (Å²) in [7, 11) is 1.90. The summed E-state index contributed by atoms with van der Waals surface area (Å²) in [6.07, 6.45) is 1.87. The molecule has 0 spiro atoms. The van der Waals surface area contributed by atoms with E-state index in [1.807, 2.05) is 59.5 Å². The fraction of sp³-hybridized carbons (Fsp3) is 0.158. The van der Waals surface area contributed by atoms with Gasteiger partial charge in [0.15, 0.2) is 16.7 Å². The third-order valence-corrected chi connectivity index (χ3v) is 5.85. The second-order valence-corrected chi connectivity index (χ2v) is 7.84. The van der Waals surface area contributed by atoms with Crippen molar-refractivity contribution in [2.24, 2.45) is 7.05 Å². The number of para-hydroxylation sites is 1. The first-order chi connectivity index (χ1) is 13.7. The Morgan fingerprint density at radius 3 is 2.86 bits per heavy atom. The molecule has 0 saturated carbocycles. The van der Waals surface area contributed by atoms with Crippen molar-refractivity contribution in [1.82, 2.24) is 19.7 Å². The van der Waals surface area contributed by atoms with Gasteiger partial charge < -0.3 is 14.3 Å². The number of hydrogen-bond acceptors (Lipinski definition) is 7. The zero-order valence-corrected chi connectivity index (χ0v) is 16.7. The Balaban J connectivity index is 1.33. The van der Waals surface area contributed by atoms with Gasteiger partial charge in [-0.3, -0.25) is 4.79 Å². The maximum atomic E-state index is 12.2. The molecule has 0 fully saturated rings. The minimum atomic E-state index is -0.0730. The van der Waals surface area contributed by atoms with Gasteiger partial charge in [0.2, 0.25) is 5.91 Å². The molecule has 0 aliphatic carbocycles. The Kier molecular flexibility index (Phi) is 5.54. The van der Waals surface area contributed by atoms with Crippen LogP contribution >= 0.6 is 23.1 Å². The average molecular weight is 412 g/mol. The molecule has 0 aliphatic rings. The number of nitrogens with zero attached hydrogens (tertiary/aromatic N) is 4.